The van der Waals surface area contributed by atoms with Gasteiger partial charge in [-0.2, -0.15) is 0 Å². The molecule has 5 nitrogen and oxygen atoms in total. The van der Waals surface area contributed by atoms with Gasteiger partial charge in [-0.25, -0.2) is 13.2 Å². The second-order valence-corrected chi connectivity index (χ2v) is 9.51. The molecule has 4 atom stereocenters. The van der Waals surface area contributed by atoms with Gasteiger partial charge >= 0.3 is 0 Å². The highest BCUT2D eigenvalue weighted by molar-refractivity contribution is 5.91. The van der Waals surface area contributed by atoms with Gasteiger partial charge in [0, 0.05) is 31.1 Å². The molecule has 188 valence electrons. The van der Waals surface area contributed by atoms with Crippen LogP contribution >= 0.6 is 0 Å². The lowest BCUT2D eigenvalue weighted by Gasteiger charge is -2.37. The third-order valence-corrected chi connectivity index (χ3v) is 7.05. The molecule has 4 rings (SSSR count). The first kappa shape index (κ1) is 25.3. The van der Waals surface area contributed by atoms with Gasteiger partial charge in [-0.15, -0.1) is 0 Å². The predicted molar refractivity (Wildman–Crippen MR) is 127 cm³/mol. The van der Waals surface area contributed by atoms with Crippen LogP contribution in [0, 0.1) is 23.4 Å². The van der Waals surface area contributed by atoms with Crippen LogP contribution in [0.2, 0.25) is 0 Å². The van der Waals surface area contributed by atoms with E-state index in [2.05, 4.69) is 10.2 Å². The van der Waals surface area contributed by atoms with E-state index in [1.807, 2.05) is 24.3 Å². The summed E-state index contributed by atoms with van der Waals surface area (Å²) in [5.74, 6) is -3.12. The number of hydrogen-bond acceptors (Lipinski definition) is 4. The second kappa shape index (κ2) is 11.3. The Morgan fingerprint density at radius 1 is 1.14 bits per heavy atom. The summed E-state index contributed by atoms with van der Waals surface area (Å²) in [6.07, 6.45) is 5.61. The Balaban J connectivity index is 1.22. The molecule has 1 heterocycles. The number of likely N-dealkylation sites (tertiary alicyclic amines) is 1. The topological polar surface area (TPSA) is 61.8 Å². The summed E-state index contributed by atoms with van der Waals surface area (Å²) >= 11 is 0. The highest BCUT2D eigenvalue weighted by atomic mass is 19.2. The molecule has 1 saturated heterocycles. The van der Waals surface area contributed by atoms with Crippen LogP contribution in [0.3, 0.4) is 0 Å². The first-order valence-electron chi connectivity index (χ1n) is 12.0. The zero-order valence-corrected chi connectivity index (χ0v) is 19.7. The minimum Gasteiger partial charge on any atom is -0.497 e. The fourth-order valence-electron chi connectivity index (χ4n) is 5.23. The maximum Gasteiger partial charge on any atom is 0.244 e. The van der Waals surface area contributed by atoms with Crippen molar-refractivity contribution in [3.05, 3.63) is 71.1 Å². The monoisotopic (exact) mass is 488 g/mol. The number of piperidine rings is 1. The summed E-state index contributed by atoms with van der Waals surface area (Å²) in [4.78, 5) is 14.6. The van der Waals surface area contributed by atoms with Crippen LogP contribution < -0.4 is 10.1 Å². The Labute approximate surface area is 203 Å². The number of benzene rings is 2. The Bertz CT molecular complexity index is 1040. The molecule has 2 aromatic carbocycles. The van der Waals surface area contributed by atoms with Crippen LogP contribution in [0.4, 0.5) is 13.2 Å². The molecule has 0 unspecified atom stereocenters. The number of ether oxygens (including phenoxy) is 1. The number of halogens is 3. The number of aliphatic hydroxyl groups is 1. The van der Waals surface area contributed by atoms with Gasteiger partial charge in [0.15, 0.2) is 17.5 Å². The fourth-order valence-corrected chi connectivity index (χ4v) is 5.23. The van der Waals surface area contributed by atoms with E-state index in [9.17, 15) is 23.1 Å². The van der Waals surface area contributed by atoms with Crippen LogP contribution in [0.5, 0.6) is 5.75 Å². The molecule has 2 fully saturated rings. The molecule has 1 saturated carbocycles. The molecule has 1 aliphatic carbocycles. The standard InChI is InChI=1S/C27H31F3N2O3/c1-35-21-7-4-19(5-8-21)22-10-11-32(16-25(22)33)15-18-2-6-20(12-18)31-26(34)9-3-17-13-23(28)27(30)24(29)14-17/h3-5,7-9,13-14,18,20,22,25,33H,2,6,10-12,15-16H2,1H3,(H,31,34)/t18-,20+,22-,25-/m1/s1. The second-order valence-electron chi connectivity index (χ2n) is 9.51. The van der Waals surface area contributed by atoms with Crippen molar-refractivity contribution in [3.63, 3.8) is 0 Å². The van der Waals surface area contributed by atoms with Crippen molar-refractivity contribution >= 4 is 12.0 Å². The lowest BCUT2D eigenvalue weighted by atomic mass is 9.86. The van der Waals surface area contributed by atoms with Crippen LogP contribution in [0.15, 0.2) is 42.5 Å². The zero-order valence-electron chi connectivity index (χ0n) is 19.7. The molecule has 0 bridgehead atoms. The Morgan fingerprint density at radius 2 is 1.86 bits per heavy atom. The number of rotatable bonds is 7. The third-order valence-electron chi connectivity index (χ3n) is 7.05. The fraction of sp³-hybridized carbons (Fsp3) is 0.444. The molecule has 0 spiro atoms. The molecule has 0 radical (unpaired) electrons. The van der Waals surface area contributed by atoms with Crippen molar-refractivity contribution < 1.29 is 27.8 Å². The Morgan fingerprint density at radius 3 is 2.51 bits per heavy atom. The van der Waals surface area contributed by atoms with Gasteiger partial charge in [-0.3, -0.25) is 4.79 Å². The largest absolute Gasteiger partial charge is 0.497 e. The molecule has 2 aromatic rings. The minimum absolute atomic E-state index is 0.0283. The lowest BCUT2D eigenvalue weighted by molar-refractivity contribution is -0.117. The number of β-amino-alcohol motifs (C(OH)–C–C–N with tert-alkyl or cyclic N) is 1. The molecule has 2 aliphatic rings. The number of nitrogens with zero attached hydrogens (tertiary/aromatic N) is 1. The lowest BCUT2D eigenvalue weighted by Crippen LogP contribution is -2.44. The third kappa shape index (κ3) is 6.44. The zero-order chi connectivity index (χ0) is 24.9. The van der Waals surface area contributed by atoms with Crippen LogP contribution in [-0.4, -0.2) is 54.8 Å². The normalized spacial score (nSPS) is 25.2. The number of carbonyl (C=O) groups excluding carboxylic acids is 1. The average Bonchev–Trinajstić information content (AvgIpc) is 3.27. The number of carbonyl (C=O) groups is 1. The molecule has 1 aliphatic heterocycles. The van der Waals surface area contributed by atoms with Crippen molar-refractivity contribution in [1.82, 2.24) is 10.2 Å². The summed E-state index contributed by atoms with van der Waals surface area (Å²) in [5, 5.41) is 13.7. The minimum atomic E-state index is -1.53. The summed E-state index contributed by atoms with van der Waals surface area (Å²) in [7, 11) is 1.64. The van der Waals surface area contributed by atoms with Gasteiger partial charge < -0.3 is 20.1 Å². The van der Waals surface area contributed by atoms with Crippen molar-refractivity contribution in [2.75, 3.05) is 26.7 Å². The van der Waals surface area contributed by atoms with Crippen LogP contribution in [0.1, 0.15) is 42.7 Å². The number of amides is 1. The summed E-state index contributed by atoms with van der Waals surface area (Å²) in [6, 6.07) is 9.61. The molecule has 1 amide bonds. The van der Waals surface area contributed by atoms with Crippen LogP contribution in [-0.2, 0) is 4.79 Å². The molecular weight excluding hydrogens is 457 g/mol. The predicted octanol–water partition coefficient (Wildman–Crippen LogP) is 4.26. The summed E-state index contributed by atoms with van der Waals surface area (Å²) in [5.41, 5.74) is 1.21. The van der Waals surface area contributed by atoms with E-state index < -0.39 is 23.6 Å². The number of nitrogens with one attached hydrogen (secondary N) is 1. The molecule has 8 heteroatoms. The van der Waals surface area contributed by atoms with Gasteiger partial charge in [0.2, 0.25) is 5.91 Å². The van der Waals surface area contributed by atoms with Gasteiger partial charge in [0.05, 0.1) is 13.2 Å². The van der Waals surface area contributed by atoms with Gasteiger partial charge in [0.1, 0.15) is 5.75 Å². The highest BCUT2D eigenvalue weighted by Crippen LogP contribution is 2.32. The summed E-state index contributed by atoms with van der Waals surface area (Å²) < 4.78 is 44.9. The van der Waals surface area contributed by atoms with E-state index in [4.69, 9.17) is 4.74 Å². The number of methoxy groups -OCH3 is 1. The van der Waals surface area contributed by atoms with Crippen LogP contribution in [0.25, 0.3) is 6.08 Å². The van der Waals surface area contributed by atoms with E-state index in [-0.39, 0.29) is 23.4 Å². The first-order valence-corrected chi connectivity index (χ1v) is 12.0. The van der Waals surface area contributed by atoms with Crippen molar-refractivity contribution in [1.29, 1.82) is 0 Å². The number of hydrogen-bond donors (Lipinski definition) is 2. The van der Waals surface area contributed by atoms with Crippen molar-refractivity contribution in [2.24, 2.45) is 5.92 Å². The quantitative estimate of drug-likeness (QED) is 0.452. The summed E-state index contributed by atoms with van der Waals surface area (Å²) in [6.45, 7) is 2.41. The van der Waals surface area contributed by atoms with E-state index in [1.165, 1.54) is 12.2 Å². The van der Waals surface area contributed by atoms with Gasteiger partial charge in [-0.05, 0) is 79.6 Å². The van der Waals surface area contributed by atoms with E-state index in [0.29, 0.717) is 12.5 Å². The first-order chi connectivity index (χ1) is 16.8. The van der Waals surface area contributed by atoms with Crippen molar-refractivity contribution in [2.45, 2.75) is 43.7 Å². The Kier molecular flexibility index (Phi) is 8.13. The van der Waals surface area contributed by atoms with Crippen molar-refractivity contribution in [3.8, 4) is 5.75 Å². The van der Waals surface area contributed by atoms with E-state index in [0.717, 1.165) is 62.2 Å². The molecule has 0 aromatic heterocycles. The average molecular weight is 489 g/mol. The Hall–Kier alpha value is -2.84. The van der Waals surface area contributed by atoms with E-state index in [1.54, 1.807) is 7.11 Å². The SMILES string of the molecule is COc1ccc([C@H]2CCN(C[C@@H]3CC[C@H](NC(=O)C=Cc4cc(F)c(F)c(F)c4)C3)C[C@H]2O)cc1. The van der Waals surface area contributed by atoms with Gasteiger partial charge in [-0.1, -0.05) is 12.1 Å². The van der Waals surface area contributed by atoms with Gasteiger partial charge in [0.25, 0.3) is 0 Å². The van der Waals surface area contributed by atoms with E-state index >= 15 is 0 Å². The molecule has 35 heavy (non-hydrogen) atoms. The smallest absolute Gasteiger partial charge is 0.244 e. The number of aliphatic hydroxyl groups excluding tert-OH is 1. The maximum atomic E-state index is 13.3. The maximum absolute atomic E-state index is 13.3. The highest BCUT2D eigenvalue weighted by Gasteiger charge is 2.32. The molecular formula is C27H31F3N2O3. The molecule has 2 N–H and O–H groups in total.